The van der Waals surface area contributed by atoms with Gasteiger partial charge in [-0.25, -0.2) is 4.18 Å². The van der Waals surface area contributed by atoms with E-state index in [1.807, 2.05) is 0 Å². The molecule has 0 amide bonds. The van der Waals surface area contributed by atoms with Gasteiger partial charge in [0.05, 0.1) is 26.4 Å². The van der Waals surface area contributed by atoms with Crippen LogP contribution in [0.1, 0.15) is 0 Å². The van der Waals surface area contributed by atoms with Crippen LogP contribution in [0.15, 0.2) is 0 Å². The molecular formula is C24H38O22S. The highest BCUT2D eigenvalue weighted by Gasteiger charge is 2.59. The zero-order chi connectivity index (χ0) is 33.9. The molecule has 10 N–H and O–H groups in total. The first-order valence-electron chi connectivity index (χ1n) is 14.7. The summed E-state index contributed by atoms with van der Waals surface area (Å²) >= 11 is 0. The molecule has 0 unspecified atom stereocenters. The molecule has 0 spiro atoms. The van der Waals surface area contributed by atoms with Crippen LogP contribution in [-0.4, -0.2) is 208 Å². The minimum Gasteiger partial charge on any atom is -0.394 e. The average Bonchev–Trinajstić information content (AvgIpc) is 3.48. The third-order valence-electron chi connectivity index (χ3n) is 8.90. The number of rotatable bonds is 10. The topological polar surface area (TPSA) is 329 Å². The Labute approximate surface area is 265 Å². The summed E-state index contributed by atoms with van der Waals surface area (Å²) in [7, 11) is -5.20. The van der Waals surface area contributed by atoms with Gasteiger partial charge >= 0.3 is 10.4 Å². The van der Waals surface area contributed by atoms with E-state index in [0.717, 1.165) is 0 Å². The van der Waals surface area contributed by atoms with Gasteiger partial charge in [0.15, 0.2) is 25.2 Å². The summed E-state index contributed by atoms with van der Waals surface area (Å²) in [5.41, 5.74) is 0. The van der Waals surface area contributed by atoms with E-state index in [0.29, 0.717) is 0 Å². The smallest absolute Gasteiger partial charge is 0.394 e. The fraction of sp³-hybridized carbons (Fsp3) is 1.00. The predicted octanol–water partition coefficient (Wildman–Crippen LogP) is -7.83. The van der Waals surface area contributed by atoms with Crippen LogP contribution in [0.5, 0.6) is 0 Å². The zero-order valence-corrected chi connectivity index (χ0v) is 25.0. The van der Waals surface area contributed by atoms with E-state index in [-0.39, 0.29) is 13.2 Å². The van der Waals surface area contributed by atoms with E-state index in [1.165, 1.54) is 0 Å². The van der Waals surface area contributed by atoms with Crippen LogP contribution in [0.4, 0.5) is 0 Å². The molecule has 6 rings (SSSR count). The van der Waals surface area contributed by atoms with E-state index < -0.39 is 146 Å². The van der Waals surface area contributed by atoms with E-state index >= 15 is 0 Å². The van der Waals surface area contributed by atoms with Crippen molar-refractivity contribution in [3.63, 3.8) is 0 Å². The number of aliphatic hydroxyl groups is 9. The number of hydrogen-bond donors (Lipinski definition) is 10. The molecule has 6 aliphatic rings. The molecule has 0 saturated carbocycles. The van der Waals surface area contributed by atoms with Crippen molar-refractivity contribution < 1.29 is 106 Å². The first-order chi connectivity index (χ1) is 22.2. The fourth-order valence-corrected chi connectivity index (χ4v) is 7.03. The quantitative estimate of drug-likeness (QED) is 0.0941. The second-order valence-electron chi connectivity index (χ2n) is 11.9. The van der Waals surface area contributed by atoms with Crippen molar-refractivity contribution in [1.82, 2.24) is 0 Å². The Balaban J connectivity index is 1.14. The van der Waals surface area contributed by atoms with E-state index in [1.54, 1.807) is 0 Å². The van der Waals surface area contributed by atoms with Crippen molar-refractivity contribution >= 4 is 10.4 Å². The first kappa shape index (κ1) is 36.0. The Bertz CT molecular complexity index is 1180. The van der Waals surface area contributed by atoms with Crippen molar-refractivity contribution in [3.8, 4) is 0 Å². The Morgan fingerprint density at radius 3 is 1.77 bits per heavy atom. The molecule has 0 aromatic heterocycles. The van der Waals surface area contributed by atoms with Crippen LogP contribution < -0.4 is 0 Å². The molecule has 0 aromatic carbocycles. The Morgan fingerprint density at radius 2 is 1.11 bits per heavy atom. The van der Waals surface area contributed by atoms with Crippen LogP contribution in [0.25, 0.3) is 0 Å². The van der Waals surface area contributed by atoms with Crippen LogP contribution in [-0.2, 0) is 57.2 Å². The van der Waals surface area contributed by atoms with Gasteiger partial charge in [-0.1, -0.05) is 0 Å². The van der Waals surface area contributed by atoms with Gasteiger partial charge in [-0.3, -0.25) is 4.55 Å². The standard InChI is InChI=1S/C24H38O22S/c25-1-5-9(27)18(44-22-12(30)17-10(28)7(41-22)3-37-17)13(31)23(40-5)43-15-8-4-38-19(15)14(32)24(42-8)45-20-11(29)21(33)39-6(2-26)16(20)46-47(34,35)36/h5-33H,1-4H2,(H,34,35,36)/t5-,6-,7-,8-,9+,10-,11-,12-,13-,14-,15-,16+,17+,18+,19-,20-,21-,22-,23+,24-/m1/s1. The Morgan fingerprint density at radius 1 is 0.553 bits per heavy atom. The van der Waals surface area contributed by atoms with Gasteiger partial charge in [0, 0.05) is 0 Å². The lowest BCUT2D eigenvalue weighted by Crippen LogP contribution is -2.66. The molecule has 23 heteroatoms. The highest BCUT2D eigenvalue weighted by atomic mass is 32.3. The molecule has 47 heavy (non-hydrogen) atoms. The lowest BCUT2D eigenvalue weighted by molar-refractivity contribution is -0.371. The van der Waals surface area contributed by atoms with Gasteiger partial charge in [-0.15, -0.1) is 0 Å². The predicted molar refractivity (Wildman–Crippen MR) is 138 cm³/mol. The summed E-state index contributed by atoms with van der Waals surface area (Å²) in [5.74, 6) is 0. The van der Waals surface area contributed by atoms with Crippen LogP contribution in [0.2, 0.25) is 0 Å². The van der Waals surface area contributed by atoms with Gasteiger partial charge in [-0.05, 0) is 0 Å². The summed E-state index contributed by atoms with van der Waals surface area (Å²) in [6, 6.07) is 0. The number of aliphatic hydroxyl groups excluding tert-OH is 9. The molecule has 20 atom stereocenters. The first-order valence-corrected chi connectivity index (χ1v) is 16.0. The average molecular weight is 711 g/mol. The maximum absolute atomic E-state index is 11.5. The summed E-state index contributed by atoms with van der Waals surface area (Å²) in [6.45, 7) is -1.96. The molecular weight excluding hydrogens is 672 g/mol. The lowest BCUT2D eigenvalue weighted by atomic mass is 9.96. The Kier molecular flexibility index (Phi) is 10.7. The fourth-order valence-electron chi connectivity index (χ4n) is 6.52. The van der Waals surface area contributed by atoms with Crippen LogP contribution in [0, 0.1) is 0 Å². The second-order valence-corrected chi connectivity index (χ2v) is 12.9. The molecule has 6 heterocycles. The molecule has 22 nitrogen and oxygen atoms in total. The minimum absolute atomic E-state index is 0.0333. The van der Waals surface area contributed by atoms with Crippen molar-refractivity contribution in [1.29, 1.82) is 0 Å². The number of ether oxygens (including phenoxy) is 9. The van der Waals surface area contributed by atoms with Crippen LogP contribution in [0.3, 0.4) is 0 Å². The zero-order valence-electron chi connectivity index (χ0n) is 24.2. The molecule has 0 radical (unpaired) electrons. The van der Waals surface area contributed by atoms with E-state index in [9.17, 15) is 58.9 Å². The summed E-state index contributed by atoms with van der Waals surface area (Å²) in [6.07, 6.45) is -30.5. The van der Waals surface area contributed by atoms with Crippen molar-refractivity contribution in [2.75, 3.05) is 26.4 Å². The van der Waals surface area contributed by atoms with E-state index in [2.05, 4.69) is 4.18 Å². The van der Waals surface area contributed by atoms with Gasteiger partial charge in [0.2, 0.25) is 0 Å². The number of fused-ring (bicyclic) bond motifs is 4. The van der Waals surface area contributed by atoms with Crippen molar-refractivity contribution in [2.24, 2.45) is 0 Å². The maximum Gasteiger partial charge on any atom is 0.397 e. The van der Waals surface area contributed by atoms with Crippen molar-refractivity contribution in [2.45, 2.75) is 123 Å². The molecule has 6 saturated heterocycles. The molecule has 6 aliphatic heterocycles. The van der Waals surface area contributed by atoms with E-state index in [4.69, 9.17) is 42.6 Å². The maximum atomic E-state index is 11.5. The summed E-state index contributed by atoms with van der Waals surface area (Å²) in [5, 5.41) is 93.7. The largest absolute Gasteiger partial charge is 0.397 e. The van der Waals surface area contributed by atoms with Gasteiger partial charge in [0.1, 0.15) is 97.7 Å². The third kappa shape index (κ3) is 6.93. The van der Waals surface area contributed by atoms with Gasteiger partial charge in [0.25, 0.3) is 0 Å². The highest BCUT2D eigenvalue weighted by molar-refractivity contribution is 7.80. The van der Waals surface area contributed by atoms with Crippen LogP contribution >= 0.6 is 0 Å². The summed E-state index contributed by atoms with van der Waals surface area (Å²) in [4.78, 5) is 0. The monoisotopic (exact) mass is 710 g/mol. The normalized spacial score (nSPS) is 53.3. The third-order valence-corrected chi connectivity index (χ3v) is 9.37. The molecule has 0 aromatic rings. The SMILES string of the molecule is O=S(=O)(O)O[C@@H]1[C@H](O[C@H]2O[C@@H]3CO[C@H]([C@H]2O)[C@@H]3O[C@@H]2O[C@H](CO)[C@H](O)[C@H](O[C@H]3O[C@@H]4CO[C@H]([C@H]3O)[C@@H]4O)[C@H]2O)[C@@H](O)[C@H](O)O[C@@H]1CO. The van der Waals surface area contributed by atoms with Gasteiger partial charge < -0.3 is 88.6 Å². The number of hydrogen-bond acceptors (Lipinski definition) is 21. The molecule has 4 bridgehead atoms. The van der Waals surface area contributed by atoms with Crippen molar-refractivity contribution in [3.05, 3.63) is 0 Å². The lowest BCUT2D eigenvalue weighted by Gasteiger charge is -2.47. The summed E-state index contributed by atoms with van der Waals surface area (Å²) < 4.78 is 86.6. The molecule has 0 aliphatic carbocycles. The molecule has 6 fully saturated rings. The highest BCUT2D eigenvalue weighted by Crippen LogP contribution is 2.38. The second kappa shape index (κ2) is 14.0. The Hall–Kier alpha value is -0.850. The molecule has 272 valence electrons. The minimum atomic E-state index is -5.20. The van der Waals surface area contributed by atoms with Gasteiger partial charge in [-0.2, -0.15) is 8.42 Å².